The predicted octanol–water partition coefficient (Wildman–Crippen LogP) is 5.66. The van der Waals surface area contributed by atoms with Crippen LogP contribution in [0.5, 0.6) is 11.5 Å². The van der Waals surface area contributed by atoms with Gasteiger partial charge in [0.25, 0.3) is 0 Å². The number of aryl methyl sites for hydroxylation is 2. The van der Waals surface area contributed by atoms with Gasteiger partial charge < -0.3 is 19.6 Å². The van der Waals surface area contributed by atoms with Crippen molar-refractivity contribution < 1.29 is 19.4 Å². The molecule has 6 heteroatoms. The summed E-state index contributed by atoms with van der Waals surface area (Å²) in [6.07, 6.45) is 9.63. The van der Waals surface area contributed by atoms with Crippen LogP contribution >= 0.6 is 0 Å². The molecule has 2 aromatic rings. The number of hydrogen-bond acceptors (Lipinski definition) is 4. The summed E-state index contributed by atoms with van der Waals surface area (Å²) in [7, 11) is 1.74. The van der Waals surface area contributed by atoms with Crippen LogP contribution in [0.1, 0.15) is 86.5 Å². The Morgan fingerprint density at radius 2 is 1.29 bits per heavy atom. The lowest BCUT2D eigenvalue weighted by molar-refractivity contribution is -0.129. The smallest absolute Gasteiger partial charge is 0.219 e. The molecular weight excluding hydrogens is 512 g/mol. The topological polar surface area (TPSA) is 70.1 Å². The van der Waals surface area contributed by atoms with Crippen molar-refractivity contribution >= 4 is 11.8 Å². The number of hydrogen-bond donors (Lipinski definition) is 1. The van der Waals surface area contributed by atoms with E-state index in [9.17, 15) is 14.7 Å². The average molecular weight is 557 g/mol. The molecule has 2 saturated carbocycles. The first-order valence-electron chi connectivity index (χ1n) is 15.7. The van der Waals surface area contributed by atoms with Crippen molar-refractivity contribution in [2.24, 2.45) is 22.7 Å². The number of amides is 2. The van der Waals surface area contributed by atoms with Gasteiger partial charge in [-0.25, -0.2) is 0 Å². The van der Waals surface area contributed by atoms with E-state index in [4.69, 9.17) is 4.74 Å². The first-order valence-corrected chi connectivity index (χ1v) is 15.7. The van der Waals surface area contributed by atoms with Gasteiger partial charge in [-0.2, -0.15) is 0 Å². The van der Waals surface area contributed by atoms with Gasteiger partial charge in [-0.3, -0.25) is 9.59 Å². The standard InChI is InChI=1S/C18H23NO2.C17H21NO2/c1-12(20)19-10-14-3-6-17-16-5-4-15(21-2)9-13(16)7-8-18(14,17)11-19;1-11(19)18-9-13-2-5-16-15-4-3-14(20)8-12(15)6-7-17(13,16)10-18/h4-5,9,14,17H,3,6-8,10-11H2,1-2H3;3-4,8,13,16,20H,2,5-7,9-10H2,1H3. The van der Waals surface area contributed by atoms with Crippen LogP contribution in [-0.4, -0.2) is 60.0 Å². The first kappa shape index (κ1) is 26.9. The molecule has 0 aromatic heterocycles. The van der Waals surface area contributed by atoms with E-state index in [2.05, 4.69) is 34.1 Å². The Hall–Kier alpha value is -3.02. The van der Waals surface area contributed by atoms with E-state index < -0.39 is 0 Å². The van der Waals surface area contributed by atoms with Crippen LogP contribution in [0, 0.1) is 22.7 Å². The molecule has 2 heterocycles. The Balaban J connectivity index is 0.000000135. The summed E-state index contributed by atoms with van der Waals surface area (Å²) in [6.45, 7) is 7.27. The Morgan fingerprint density at radius 1 is 0.780 bits per heavy atom. The molecular formula is C35H44N2O4. The van der Waals surface area contributed by atoms with E-state index in [1.165, 1.54) is 60.8 Å². The van der Waals surface area contributed by atoms with Crippen LogP contribution in [0.4, 0.5) is 0 Å². The number of carbonyl (C=O) groups excluding carboxylic acids is 2. The van der Waals surface area contributed by atoms with E-state index >= 15 is 0 Å². The number of aromatic hydroxyl groups is 1. The molecule has 8 rings (SSSR count). The molecule has 2 spiro atoms. The number of nitrogens with zero attached hydrogens (tertiary/aromatic N) is 2. The zero-order valence-electron chi connectivity index (χ0n) is 24.8. The van der Waals surface area contributed by atoms with Crippen LogP contribution in [0.3, 0.4) is 0 Å². The molecule has 6 nitrogen and oxygen atoms in total. The van der Waals surface area contributed by atoms with Crippen molar-refractivity contribution in [2.75, 3.05) is 33.3 Å². The number of likely N-dealkylation sites (tertiary alicyclic amines) is 2. The molecule has 218 valence electrons. The highest BCUT2D eigenvalue weighted by molar-refractivity contribution is 5.74. The third-order valence-electron chi connectivity index (χ3n) is 12.3. The van der Waals surface area contributed by atoms with E-state index in [0.29, 0.717) is 40.3 Å². The first-order chi connectivity index (χ1) is 19.7. The zero-order valence-corrected chi connectivity index (χ0v) is 24.8. The highest BCUT2D eigenvalue weighted by atomic mass is 16.5. The summed E-state index contributed by atoms with van der Waals surface area (Å²) < 4.78 is 5.37. The summed E-state index contributed by atoms with van der Waals surface area (Å²) >= 11 is 0. The molecule has 2 aromatic carbocycles. The number of phenols is 1. The van der Waals surface area contributed by atoms with Gasteiger partial charge in [0.1, 0.15) is 11.5 Å². The van der Waals surface area contributed by atoms with Crippen molar-refractivity contribution in [3.63, 3.8) is 0 Å². The van der Waals surface area contributed by atoms with Crippen LogP contribution in [0.25, 0.3) is 0 Å². The molecule has 6 atom stereocenters. The third kappa shape index (κ3) is 4.11. The maximum Gasteiger partial charge on any atom is 0.219 e. The lowest BCUT2D eigenvalue weighted by atomic mass is 9.63. The summed E-state index contributed by atoms with van der Waals surface area (Å²) in [6, 6.07) is 12.5. The van der Waals surface area contributed by atoms with Gasteiger partial charge >= 0.3 is 0 Å². The van der Waals surface area contributed by atoms with Gasteiger partial charge in [-0.15, -0.1) is 0 Å². The number of ether oxygens (including phenoxy) is 1. The fraction of sp³-hybridized carbons (Fsp3) is 0.600. The van der Waals surface area contributed by atoms with Crippen LogP contribution in [0.2, 0.25) is 0 Å². The number of carbonyl (C=O) groups is 2. The maximum absolute atomic E-state index is 11.8. The summed E-state index contributed by atoms with van der Waals surface area (Å²) in [4.78, 5) is 27.7. The maximum atomic E-state index is 11.8. The molecule has 6 unspecified atom stereocenters. The SMILES string of the molecule is CC(=O)N1CC2CCC3c4ccc(O)cc4CCC23C1.COc1ccc2c(c1)CCC13CN(C(C)=O)CC1CCC23. The number of methoxy groups -OCH3 is 1. The molecule has 1 N–H and O–H groups in total. The molecule has 4 aliphatic carbocycles. The second-order valence-corrected chi connectivity index (χ2v) is 13.9. The monoisotopic (exact) mass is 556 g/mol. The average Bonchev–Trinajstić information content (AvgIpc) is 3.69. The number of fused-ring (bicyclic) bond motifs is 4. The minimum absolute atomic E-state index is 0.226. The van der Waals surface area contributed by atoms with E-state index in [1.54, 1.807) is 21.0 Å². The summed E-state index contributed by atoms with van der Waals surface area (Å²) in [5.74, 6) is 4.44. The van der Waals surface area contributed by atoms with E-state index in [-0.39, 0.29) is 11.8 Å². The Bertz CT molecular complexity index is 1390. The quantitative estimate of drug-likeness (QED) is 0.492. The number of phenolic OH excluding ortho intramolecular Hbond substituents is 1. The second-order valence-electron chi connectivity index (χ2n) is 13.9. The van der Waals surface area contributed by atoms with E-state index in [1.807, 2.05) is 12.1 Å². The number of rotatable bonds is 1. The van der Waals surface area contributed by atoms with Crippen LogP contribution in [0.15, 0.2) is 36.4 Å². The fourth-order valence-corrected chi connectivity index (χ4v) is 10.3. The van der Waals surface area contributed by atoms with Gasteiger partial charge in [0.2, 0.25) is 11.8 Å². The van der Waals surface area contributed by atoms with E-state index in [0.717, 1.165) is 44.8 Å². The van der Waals surface area contributed by atoms with Crippen LogP contribution < -0.4 is 4.74 Å². The van der Waals surface area contributed by atoms with Gasteiger partial charge in [0, 0.05) is 40.0 Å². The van der Waals surface area contributed by atoms with Gasteiger partial charge in [0.05, 0.1) is 7.11 Å². The zero-order chi connectivity index (χ0) is 28.5. The molecule has 2 aliphatic heterocycles. The van der Waals surface area contributed by atoms with Crippen molar-refractivity contribution in [1.29, 1.82) is 0 Å². The molecule has 41 heavy (non-hydrogen) atoms. The normalized spacial score (nSPS) is 33.9. The second kappa shape index (κ2) is 9.78. The highest BCUT2D eigenvalue weighted by Crippen LogP contribution is 2.63. The van der Waals surface area contributed by atoms with Gasteiger partial charge in [-0.05, 0) is 132 Å². The summed E-state index contributed by atoms with van der Waals surface area (Å²) in [5, 5.41) is 9.68. The van der Waals surface area contributed by atoms with Crippen molar-refractivity contribution in [3.8, 4) is 11.5 Å². The Kier molecular flexibility index (Phi) is 6.40. The fourth-order valence-electron chi connectivity index (χ4n) is 10.3. The van der Waals surface area contributed by atoms with Crippen LogP contribution in [-0.2, 0) is 22.4 Å². The van der Waals surface area contributed by atoms with Crippen molar-refractivity contribution in [1.82, 2.24) is 9.80 Å². The molecule has 2 amide bonds. The molecule has 2 saturated heterocycles. The Morgan fingerprint density at radius 3 is 1.80 bits per heavy atom. The molecule has 0 radical (unpaired) electrons. The number of benzene rings is 2. The largest absolute Gasteiger partial charge is 0.508 e. The Labute approximate surface area is 244 Å². The van der Waals surface area contributed by atoms with Gasteiger partial charge in [-0.1, -0.05) is 12.1 Å². The molecule has 6 aliphatic rings. The lowest BCUT2D eigenvalue weighted by Gasteiger charge is -2.41. The van der Waals surface area contributed by atoms with Gasteiger partial charge in [0.15, 0.2) is 0 Å². The highest BCUT2D eigenvalue weighted by Gasteiger charge is 2.58. The van der Waals surface area contributed by atoms with Crippen molar-refractivity contribution in [2.45, 2.75) is 77.0 Å². The molecule has 4 fully saturated rings. The summed E-state index contributed by atoms with van der Waals surface area (Å²) in [5.41, 5.74) is 6.41. The third-order valence-corrected chi connectivity index (χ3v) is 12.3. The minimum Gasteiger partial charge on any atom is -0.508 e. The molecule has 0 bridgehead atoms. The predicted molar refractivity (Wildman–Crippen MR) is 158 cm³/mol. The minimum atomic E-state index is 0.226. The lowest BCUT2D eigenvalue weighted by Crippen LogP contribution is -2.37. The van der Waals surface area contributed by atoms with Crippen molar-refractivity contribution in [3.05, 3.63) is 58.7 Å².